The van der Waals surface area contributed by atoms with Gasteiger partial charge in [-0.1, -0.05) is 54.6 Å². The number of rotatable bonds is 7. The normalized spacial score (nSPS) is 17.2. The van der Waals surface area contributed by atoms with Gasteiger partial charge < -0.3 is 9.73 Å². The molecule has 0 saturated carbocycles. The standard InChI is InChI=1S/C23H26N2O/c1-2-6-19(7-3-1)14-23-15-21-8-4-5-9-22(21)17-25(23)12-11-24-16-20-10-13-26-18-20/h1-10,13,18,23-24H,11-12,14-17H2. The number of furan rings is 1. The van der Waals surface area contributed by atoms with Crippen molar-refractivity contribution in [2.45, 2.75) is 32.0 Å². The summed E-state index contributed by atoms with van der Waals surface area (Å²) < 4.78 is 5.13. The van der Waals surface area contributed by atoms with Crippen LogP contribution in [-0.2, 0) is 25.9 Å². The summed E-state index contributed by atoms with van der Waals surface area (Å²) in [5.41, 5.74) is 5.62. The van der Waals surface area contributed by atoms with E-state index in [-0.39, 0.29) is 0 Å². The van der Waals surface area contributed by atoms with E-state index in [9.17, 15) is 0 Å². The van der Waals surface area contributed by atoms with Gasteiger partial charge in [-0.15, -0.1) is 0 Å². The Morgan fingerprint density at radius 3 is 2.54 bits per heavy atom. The minimum absolute atomic E-state index is 0.558. The quantitative estimate of drug-likeness (QED) is 0.655. The fourth-order valence-electron chi connectivity index (χ4n) is 3.84. The third-order valence-corrected chi connectivity index (χ3v) is 5.26. The van der Waals surface area contributed by atoms with Crippen LogP contribution in [0.5, 0.6) is 0 Å². The summed E-state index contributed by atoms with van der Waals surface area (Å²) >= 11 is 0. The summed E-state index contributed by atoms with van der Waals surface area (Å²) in [5, 5.41) is 3.54. The molecule has 1 N–H and O–H groups in total. The van der Waals surface area contributed by atoms with Crippen LogP contribution >= 0.6 is 0 Å². The van der Waals surface area contributed by atoms with Crippen LogP contribution in [0.4, 0.5) is 0 Å². The molecule has 1 atom stereocenters. The van der Waals surface area contributed by atoms with Gasteiger partial charge in [0, 0.05) is 37.8 Å². The summed E-state index contributed by atoms with van der Waals surface area (Å²) in [6.07, 6.45) is 5.78. The van der Waals surface area contributed by atoms with Crippen molar-refractivity contribution in [3.05, 3.63) is 95.4 Å². The van der Waals surface area contributed by atoms with E-state index in [1.54, 1.807) is 6.26 Å². The summed E-state index contributed by atoms with van der Waals surface area (Å²) in [7, 11) is 0. The third kappa shape index (κ3) is 4.24. The zero-order valence-electron chi connectivity index (χ0n) is 15.1. The number of nitrogens with zero attached hydrogens (tertiary/aromatic N) is 1. The first-order chi connectivity index (χ1) is 12.9. The lowest BCUT2D eigenvalue weighted by molar-refractivity contribution is 0.170. The lowest BCUT2D eigenvalue weighted by Gasteiger charge is -2.37. The highest BCUT2D eigenvalue weighted by Crippen LogP contribution is 2.25. The van der Waals surface area contributed by atoms with Crippen molar-refractivity contribution in [2.24, 2.45) is 0 Å². The number of hydrogen-bond acceptors (Lipinski definition) is 3. The lowest BCUT2D eigenvalue weighted by atomic mass is 9.90. The molecule has 0 saturated heterocycles. The fraction of sp³-hybridized carbons (Fsp3) is 0.304. The van der Waals surface area contributed by atoms with Crippen molar-refractivity contribution in [2.75, 3.05) is 13.1 Å². The molecule has 0 bridgehead atoms. The Morgan fingerprint density at radius 2 is 1.73 bits per heavy atom. The summed E-state index contributed by atoms with van der Waals surface area (Å²) in [6, 6.07) is 22.3. The van der Waals surface area contributed by atoms with Gasteiger partial charge in [0.25, 0.3) is 0 Å². The lowest BCUT2D eigenvalue weighted by Crippen LogP contribution is -2.44. The number of nitrogens with one attached hydrogen (secondary N) is 1. The van der Waals surface area contributed by atoms with Crippen LogP contribution in [-0.4, -0.2) is 24.0 Å². The Bertz CT molecular complexity index is 798. The van der Waals surface area contributed by atoms with E-state index in [1.807, 2.05) is 12.3 Å². The molecule has 1 aliphatic rings. The number of fused-ring (bicyclic) bond motifs is 1. The molecule has 3 aromatic rings. The SMILES string of the molecule is c1ccc(CC2Cc3ccccc3CN2CCNCc2ccoc2)cc1. The van der Waals surface area contributed by atoms with Crippen molar-refractivity contribution in [1.82, 2.24) is 10.2 Å². The Kier molecular flexibility index (Phi) is 5.48. The smallest absolute Gasteiger partial charge is 0.0947 e. The van der Waals surface area contributed by atoms with Crippen molar-refractivity contribution < 1.29 is 4.42 Å². The average molecular weight is 346 g/mol. The van der Waals surface area contributed by atoms with Gasteiger partial charge in [0.05, 0.1) is 12.5 Å². The zero-order valence-corrected chi connectivity index (χ0v) is 15.1. The minimum atomic E-state index is 0.558. The first-order valence-corrected chi connectivity index (χ1v) is 9.45. The highest BCUT2D eigenvalue weighted by atomic mass is 16.3. The summed E-state index contributed by atoms with van der Waals surface area (Å²) in [4.78, 5) is 2.64. The molecule has 2 aromatic carbocycles. The van der Waals surface area contributed by atoms with E-state index < -0.39 is 0 Å². The van der Waals surface area contributed by atoms with Gasteiger partial charge in [-0.05, 0) is 35.6 Å². The minimum Gasteiger partial charge on any atom is -0.472 e. The van der Waals surface area contributed by atoms with E-state index >= 15 is 0 Å². The first-order valence-electron chi connectivity index (χ1n) is 9.45. The Labute approximate surface area is 155 Å². The topological polar surface area (TPSA) is 28.4 Å². The molecule has 26 heavy (non-hydrogen) atoms. The molecular weight excluding hydrogens is 320 g/mol. The highest BCUT2D eigenvalue weighted by molar-refractivity contribution is 5.31. The van der Waals surface area contributed by atoms with Gasteiger partial charge >= 0.3 is 0 Å². The second kappa shape index (κ2) is 8.35. The number of benzene rings is 2. The maximum Gasteiger partial charge on any atom is 0.0947 e. The molecule has 3 nitrogen and oxygen atoms in total. The molecule has 1 unspecified atom stereocenters. The van der Waals surface area contributed by atoms with E-state index in [0.717, 1.165) is 39.0 Å². The largest absolute Gasteiger partial charge is 0.472 e. The Hall–Kier alpha value is -2.36. The van der Waals surface area contributed by atoms with E-state index in [4.69, 9.17) is 4.42 Å². The molecule has 0 aliphatic carbocycles. The van der Waals surface area contributed by atoms with Crippen LogP contribution < -0.4 is 5.32 Å². The van der Waals surface area contributed by atoms with Crippen LogP contribution in [0.15, 0.2) is 77.6 Å². The predicted molar refractivity (Wildman–Crippen MR) is 105 cm³/mol. The van der Waals surface area contributed by atoms with E-state index in [2.05, 4.69) is 64.8 Å². The Morgan fingerprint density at radius 1 is 0.923 bits per heavy atom. The molecule has 0 fully saturated rings. The van der Waals surface area contributed by atoms with Gasteiger partial charge in [0.15, 0.2) is 0 Å². The maximum absolute atomic E-state index is 5.13. The summed E-state index contributed by atoms with van der Waals surface area (Å²) in [5.74, 6) is 0. The van der Waals surface area contributed by atoms with Gasteiger partial charge in [0.1, 0.15) is 0 Å². The average Bonchev–Trinajstić information content (AvgIpc) is 3.20. The van der Waals surface area contributed by atoms with Crippen molar-refractivity contribution in [3.63, 3.8) is 0 Å². The zero-order chi connectivity index (χ0) is 17.6. The molecule has 0 spiro atoms. The molecule has 1 aromatic heterocycles. The molecule has 2 heterocycles. The predicted octanol–water partition coefficient (Wildman–Crippen LogP) is 4.04. The fourth-order valence-corrected chi connectivity index (χ4v) is 3.84. The van der Waals surface area contributed by atoms with Crippen LogP contribution in [0, 0.1) is 0 Å². The van der Waals surface area contributed by atoms with Crippen molar-refractivity contribution in [3.8, 4) is 0 Å². The van der Waals surface area contributed by atoms with Crippen LogP contribution in [0.2, 0.25) is 0 Å². The van der Waals surface area contributed by atoms with Crippen molar-refractivity contribution in [1.29, 1.82) is 0 Å². The maximum atomic E-state index is 5.13. The molecule has 0 amide bonds. The van der Waals surface area contributed by atoms with Crippen LogP contribution in [0.1, 0.15) is 22.3 Å². The first kappa shape index (κ1) is 17.1. The molecule has 3 heteroatoms. The number of hydrogen-bond donors (Lipinski definition) is 1. The van der Waals surface area contributed by atoms with Gasteiger partial charge in [-0.2, -0.15) is 0 Å². The molecule has 4 rings (SSSR count). The molecule has 1 aliphatic heterocycles. The molecule has 134 valence electrons. The van der Waals surface area contributed by atoms with Gasteiger partial charge in [-0.25, -0.2) is 0 Å². The van der Waals surface area contributed by atoms with E-state index in [1.165, 1.54) is 22.3 Å². The van der Waals surface area contributed by atoms with Crippen LogP contribution in [0.3, 0.4) is 0 Å². The monoisotopic (exact) mass is 346 g/mol. The highest BCUT2D eigenvalue weighted by Gasteiger charge is 2.25. The third-order valence-electron chi connectivity index (χ3n) is 5.26. The van der Waals surface area contributed by atoms with Gasteiger partial charge in [-0.3, -0.25) is 4.90 Å². The molecule has 0 radical (unpaired) electrons. The van der Waals surface area contributed by atoms with Crippen molar-refractivity contribution >= 4 is 0 Å². The second-order valence-electron chi connectivity index (χ2n) is 7.10. The second-order valence-corrected chi connectivity index (χ2v) is 7.10. The van der Waals surface area contributed by atoms with Gasteiger partial charge in [0.2, 0.25) is 0 Å². The van der Waals surface area contributed by atoms with Crippen LogP contribution in [0.25, 0.3) is 0 Å². The summed E-state index contributed by atoms with van der Waals surface area (Å²) in [6.45, 7) is 3.95. The molecular formula is C23H26N2O. The van der Waals surface area contributed by atoms with E-state index in [0.29, 0.717) is 6.04 Å². The Balaban J connectivity index is 1.40.